The highest BCUT2D eigenvalue weighted by Crippen LogP contribution is 2.37. The van der Waals surface area contributed by atoms with Gasteiger partial charge in [0.05, 0.1) is 28.1 Å². The number of esters is 1. The van der Waals surface area contributed by atoms with E-state index in [1.54, 1.807) is 43.9 Å². The first-order valence-corrected chi connectivity index (χ1v) is 14.2. The summed E-state index contributed by atoms with van der Waals surface area (Å²) in [6.07, 6.45) is -0.373. The molecular formula is C25H26Cl2N4O5S2. The maximum absolute atomic E-state index is 13.2. The first kappa shape index (κ1) is 28.3. The van der Waals surface area contributed by atoms with Gasteiger partial charge in [-0.2, -0.15) is 0 Å². The van der Waals surface area contributed by atoms with Gasteiger partial charge in [-0.05, 0) is 38.5 Å². The van der Waals surface area contributed by atoms with Crippen LogP contribution in [0.25, 0.3) is 10.1 Å². The average molecular weight is 598 g/mol. The van der Waals surface area contributed by atoms with Crippen molar-refractivity contribution in [3.8, 4) is 0 Å². The number of nitrogens with two attached hydrogens (primary N) is 1. The number of ether oxygens (including phenoxy) is 1. The lowest BCUT2D eigenvalue weighted by atomic mass is 10.1. The summed E-state index contributed by atoms with van der Waals surface area (Å²) in [5.41, 5.74) is 5.95. The van der Waals surface area contributed by atoms with Crippen LogP contribution in [0.5, 0.6) is 0 Å². The van der Waals surface area contributed by atoms with Crippen LogP contribution >= 0.6 is 45.9 Å². The predicted molar refractivity (Wildman–Crippen MR) is 151 cm³/mol. The Labute approximate surface area is 237 Å². The fourth-order valence-electron chi connectivity index (χ4n) is 4.15. The lowest BCUT2D eigenvalue weighted by molar-refractivity contribution is -0.117. The number of amides is 3. The minimum atomic E-state index is -0.686. The van der Waals surface area contributed by atoms with Gasteiger partial charge in [-0.15, -0.1) is 22.7 Å². The molecular weight excluding hydrogens is 571 g/mol. The first-order chi connectivity index (χ1) is 18.0. The van der Waals surface area contributed by atoms with Crippen LogP contribution in [0.4, 0.5) is 5.00 Å². The summed E-state index contributed by atoms with van der Waals surface area (Å²) in [5.74, 6) is -1.83. The van der Waals surface area contributed by atoms with Gasteiger partial charge in [-0.3, -0.25) is 19.3 Å². The Bertz CT molecular complexity index is 1430. The van der Waals surface area contributed by atoms with E-state index in [-0.39, 0.29) is 39.9 Å². The van der Waals surface area contributed by atoms with Crippen molar-refractivity contribution < 1.29 is 23.9 Å². The van der Waals surface area contributed by atoms with Gasteiger partial charge >= 0.3 is 5.97 Å². The second kappa shape index (κ2) is 11.6. The molecule has 0 bridgehead atoms. The molecule has 0 aliphatic carbocycles. The Morgan fingerprint density at radius 2 is 1.76 bits per heavy atom. The molecule has 3 aromatic rings. The summed E-state index contributed by atoms with van der Waals surface area (Å²) in [7, 11) is 0. The maximum Gasteiger partial charge on any atom is 0.341 e. The molecule has 202 valence electrons. The fraction of sp³-hybridized carbons (Fsp3) is 0.360. The Balaban J connectivity index is 1.39. The van der Waals surface area contributed by atoms with Crippen molar-refractivity contribution in [1.82, 2.24) is 9.80 Å². The normalized spacial score (nSPS) is 14.2. The van der Waals surface area contributed by atoms with Crippen LogP contribution in [0.2, 0.25) is 10.0 Å². The standard InChI is InChI=1S/C25H26Cl2N4O5S2/c1-12(2)36-25(35)18-13(3)20(22(28)33)38-23(18)29-17(32)11-30-6-8-31(9-7-30)24(34)21-19(27)15-5-4-14(26)10-16(15)37-21/h4-5,10,12H,6-9,11H2,1-3H3,(H2,28,33)(H,29,32). The van der Waals surface area contributed by atoms with Gasteiger partial charge in [0.2, 0.25) is 5.91 Å². The molecule has 1 fully saturated rings. The van der Waals surface area contributed by atoms with Crippen molar-refractivity contribution in [3.05, 3.63) is 49.1 Å². The van der Waals surface area contributed by atoms with E-state index in [9.17, 15) is 19.2 Å². The third-order valence-electron chi connectivity index (χ3n) is 5.98. The van der Waals surface area contributed by atoms with Gasteiger partial charge < -0.3 is 20.7 Å². The highest BCUT2D eigenvalue weighted by molar-refractivity contribution is 7.21. The summed E-state index contributed by atoms with van der Waals surface area (Å²) < 4.78 is 6.14. The number of carbonyl (C=O) groups is 4. The molecule has 1 saturated heterocycles. The molecule has 1 aromatic carbocycles. The van der Waals surface area contributed by atoms with E-state index < -0.39 is 11.9 Å². The molecule has 2 aromatic heterocycles. The van der Waals surface area contributed by atoms with Crippen molar-refractivity contribution in [1.29, 1.82) is 0 Å². The van der Waals surface area contributed by atoms with Crippen LogP contribution in [0, 0.1) is 6.92 Å². The molecule has 0 saturated carbocycles. The number of fused-ring (bicyclic) bond motifs is 1. The number of rotatable bonds is 7. The Kier molecular flexibility index (Phi) is 8.63. The molecule has 3 amide bonds. The minimum Gasteiger partial charge on any atom is -0.459 e. The largest absolute Gasteiger partial charge is 0.459 e. The lowest BCUT2D eigenvalue weighted by Crippen LogP contribution is -2.50. The molecule has 0 radical (unpaired) electrons. The SMILES string of the molecule is Cc1c(C(N)=O)sc(NC(=O)CN2CCN(C(=O)c3sc4cc(Cl)ccc4c3Cl)CC2)c1C(=O)OC(C)C. The zero-order valence-electron chi connectivity index (χ0n) is 20.9. The quantitative estimate of drug-likeness (QED) is 0.383. The number of nitrogens with zero attached hydrogens (tertiary/aromatic N) is 2. The smallest absolute Gasteiger partial charge is 0.341 e. The number of hydrogen-bond acceptors (Lipinski definition) is 8. The third kappa shape index (κ3) is 5.97. The van der Waals surface area contributed by atoms with Gasteiger partial charge in [-0.25, -0.2) is 4.79 Å². The van der Waals surface area contributed by atoms with Crippen molar-refractivity contribution in [2.45, 2.75) is 26.9 Å². The Hall–Kier alpha value is -2.70. The van der Waals surface area contributed by atoms with Gasteiger partial charge in [0.25, 0.3) is 11.8 Å². The second-order valence-electron chi connectivity index (χ2n) is 9.08. The Morgan fingerprint density at radius 3 is 2.39 bits per heavy atom. The highest BCUT2D eigenvalue weighted by Gasteiger charge is 2.29. The summed E-state index contributed by atoms with van der Waals surface area (Å²) >= 11 is 14.8. The number of nitrogens with one attached hydrogen (secondary N) is 1. The molecule has 0 unspecified atom stereocenters. The van der Waals surface area contributed by atoms with Crippen molar-refractivity contribution >= 4 is 84.7 Å². The number of primary amides is 1. The van der Waals surface area contributed by atoms with E-state index in [2.05, 4.69) is 5.32 Å². The van der Waals surface area contributed by atoms with Gasteiger partial charge in [-0.1, -0.05) is 29.3 Å². The predicted octanol–water partition coefficient (Wildman–Crippen LogP) is 4.64. The second-order valence-corrected chi connectivity index (χ2v) is 12.0. The number of benzene rings is 1. The van der Waals surface area contributed by atoms with Crippen LogP contribution in [0.3, 0.4) is 0 Å². The van der Waals surface area contributed by atoms with Crippen molar-refractivity contribution in [2.24, 2.45) is 5.73 Å². The topological polar surface area (TPSA) is 122 Å². The lowest BCUT2D eigenvalue weighted by Gasteiger charge is -2.34. The monoisotopic (exact) mass is 596 g/mol. The summed E-state index contributed by atoms with van der Waals surface area (Å²) in [6, 6.07) is 5.33. The van der Waals surface area contributed by atoms with E-state index >= 15 is 0 Å². The summed E-state index contributed by atoms with van der Waals surface area (Å²) in [6.45, 7) is 6.86. The average Bonchev–Trinajstić information content (AvgIpc) is 3.34. The molecule has 0 spiro atoms. The number of carbonyl (C=O) groups excluding carboxylic acids is 4. The maximum atomic E-state index is 13.2. The molecule has 4 rings (SSSR count). The van der Waals surface area contributed by atoms with Crippen molar-refractivity contribution in [3.63, 3.8) is 0 Å². The molecule has 0 atom stereocenters. The summed E-state index contributed by atoms with van der Waals surface area (Å²) in [5, 5.41) is 4.75. The van der Waals surface area contributed by atoms with E-state index in [1.165, 1.54) is 11.3 Å². The number of hydrogen-bond donors (Lipinski definition) is 2. The third-order valence-corrected chi connectivity index (χ3v) is 9.08. The molecule has 38 heavy (non-hydrogen) atoms. The molecule has 9 nitrogen and oxygen atoms in total. The van der Waals surface area contributed by atoms with Crippen LogP contribution in [0.15, 0.2) is 18.2 Å². The first-order valence-electron chi connectivity index (χ1n) is 11.8. The minimum absolute atomic E-state index is 0.0473. The van der Waals surface area contributed by atoms with E-state index in [0.29, 0.717) is 46.7 Å². The van der Waals surface area contributed by atoms with Crippen LogP contribution in [-0.2, 0) is 9.53 Å². The van der Waals surface area contributed by atoms with E-state index in [4.69, 9.17) is 33.7 Å². The molecule has 13 heteroatoms. The zero-order chi connectivity index (χ0) is 27.7. The van der Waals surface area contributed by atoms with Crippen LogP contribution in [-0.4, -0.2) is 72.3 Å². The molecule has 1 aliphatic rings. The van der Waals surface area contributed by atoms with E-state index in [0.717, 1.165) is 21.4 Å². The van der Waals surface area contributed by atoms with Gasteiger partial charge in [0.1, 0.15) is 9.88 Å². The number of thiophene rings is 2. The van der Waals surface area contributed by atoms with Crippen LogP contribution in [0.1, 0.15) is 49.1 Å². The van der Waals surface area contributed by atoms with E-state index in [1.807, 2.05) is 4.90 Å². The highest BCUT2D eigenvalue weighted by atomic mass is 35.5. The fourth-order valence-corrected chi connectivity index (χ4v) is 6.97. The van der Waals surface area contributed by atoms with Gasteiger partial charge in [0.15, 0.2) is 0 Å². The Morgan fingerprint density at radius 1 is 1.08 bits per heavy atom. The van der Waals surface area contributed by atoms with Gasteiger partial charge in [0, 0.05) is 41.3 Å². The van der Waals surface area contributed by atoms with Crippen molar-refractivity contribution in [2.75, 3.05) is 38.0 Å². The van der Waals surface area contributed by atoms with Crippen LogP contribution < -0.4 is 11.1 Å². The zero-order valence-corrected chi connectivity index (χ0v) is 24.1. The molecule has 3 heterocycles. The number of piperazine rings is 1. The molecule has 3 N–H and O–H groups in total. The number of anilines is 1. The number of halogens is 2. The molecule has 1 aliphatic heterocycles. The summed E-state index contributed by atoms with van der Waals surface area (Å²) in [4.78, 5) is 54.7.